The third kappa shape index (κ3) is 3.28. The second kappa shape index (κ2) is 6.76. The minimum Gasteiger partial charge on any atom is -0.324 e. The van der Waals surface area contributed by atoms with Gasteiger partial charge in [-0.05, 0) is 18.2 Å². The summed E-state index contributed by atoms with van der Waals surface area (Å²) < 4.78 is 15.7. The molecule has 0 radical (unpaired) electrons. The van der Waals surface area contributed by atoms with Crippen LogP contribution in [-0.4, -0.2) is 31.9 Å². The van der Waals surface area contributed by atoms with Gasteiger partial charge in [-0.25, -0.2) is 19.4 Å². The number of fused-ring (bicyclic) bond motifs is 1. The van der Waals surface area contributed by atoms with E-state index in [-0.39, 0.29) is 17.5 Å². The van der Waals surface area contributed by atoms with E-state index in [0.717, 1.165) is 6.20 Å². The van der Waals surface area contributed by atoms with Gasteiger partial charge in [0.25, 0.3) is 5.91 Å². The zero-order chi connectivity index (χ0) is 18.8. The number of carbonyl (C=O) groups excluding carboxylic acids is 1. The van der Waals surface area contributed by atoms with E-state index in [1.165, 1.54) is 12.4 Å². The SMILES string of the molecule is N#CCCn1cc(-c2nc(Nc3ccc4c(c3)C=NC4=O)ncc2F)cn1. The van der Waals surface area contributed by atoms with Gasteiger partial charge in [-0.2, -0.15) is 10.4 Å². The van der Waals surface area contributed by atoms with Crippen LogP contribution >= 0.6 is 0 Å². The first kappa shape index (κ1) is 16.5. The minimum atomic E-state index is -0.577. The van der Waals surface area contributed by atoms with E-state index in [0.29, 0.717) is 35.3 Å². The van der Waals surface area contributed by atoms with E-state index in [2.05, 4.69) is 25.4 Å². The van der Waals surface area contributed by atoms with Gasteiger partial charge in [0, 0.05) is 29.2 Å². The minimum absolute atomic E-state index is 0.105. The zero-order valence-corrected chi connectivity index (χ0v) is 13.9. The average molecular weight is 361 g/mol. The number of hydrogen-bond acceptors (Lipinski definition) is 6. The third-order valence-electron chi connectivity index (χ3n) is 3.96. The highest BCUT2D eigenvalue weighted by molar-refractivity contribution is 6.13. The monoisotopic (exact) mass is 361 g/mol. The molecule has 1 amide bonds. The number of rotatable bonds is 5. The van der Waals surface area contributed by atoms with E-state index in [1.807, 2.05) is 6.07 Å². The molecule has 0 spiro atoms. The molecule has 0 unspecified atom stereocenters. The van der Waals surface area contributed by atoms with Crippen LogP contribution in [0.15, 0.2) is 41.8 Å². The van der Waals surface area contributed by atoms with Gasteiger partial charge in [0.15, 0.2) is 5.82 Å². The Hall–Kier alpha value is -3.93. The molecule has 2 aromatic heterocycles. The van der Waals surface area contributed by atoms with Gasteiger partial charge < -0.3 is 5.32 Å². The molecule has 27 heavy (non-hydrogen) atoms. The summed E-state index contributed by atoms with van der Waals surface area (Å²) >= 11 is 0. The van der Waals surface area contributed by atoms with Gasteiger partial charge in [-0.3, -0.25) is 9.48 Å². The van der Waals surface area contributed by atoms with Crippen molar-refractivity contribution in [2.24, 2.45) is 4.99 Å². The second-order valence-electron chi connectivity index (χ2n) is 5.78. The van der Waals surface area contributed by atoms with Crippen molar-refractivity contribution in [2.45, 2.75) is 13.0 Å². The first-order valence-corrected chi connectivity index (χ1v) is 8.06. The molecule has 1 aliphatic heterocycles. The Balaban J connectivity index is 1.59. The topological polar surface area (TPSA) is 109 Å². The van der Waals surface area contributed by atoms with Crippen LogP contribution in [0.3, 0.4) is 0 Å². The van der Waals surface area contributed by atoms with Crippen molar-refractivity contribution in [2.75, 3.05) is 5.32 Å². The summed E-state index contributed by atoms with van der Waals surface area (Å²) in [6.45, 7) is 0.420. The van der Waals surface area contributed by atoms with Gasteiger partial charge in [0.1, 0.15) is 5.69 Å². The molecule has 132 valence electrons. The van der Waals surface area contributed by atoms with Crippen molar-refractivity contribution in [3.05, 3.63) is 53.7 Å². The molecule has 1 aliphatic rings. The lowest BCUT2D eigenvalue weighted by Crippen LogP contribution is -2.01. The molecule has 0 saturated heterocycles. The number of amides is 1. The number of aromatic nitrogens is 4. The molecule has 0 saturated carbocycles. The van der Waals surface area contributed by atoms with Crippen molar-refractivity contribution in [1.82, 2.24) is 19.7 Å². The number of carbonyl (C=O) groups is 1. The normalized spacial score (nSPS) is 12.1. The van der Waals surface area contributed by atoms with Gasteiger partial charge in [-0.1, -0.05) is 0 Å². The van der Waals surface area contributed by atoms with Crippen LogP contribution in [0.2, 0.25) is 0 Å². The number of aryl methyl sites for hydroxylation is 1. The van der Waals surface area contributed by atoms with E-state index >= 15 is 0 Å². The number of aliphatic imine (C=N–C) groups is 1. The molecule has 3 aromatic rings. The van der Waals surface area contributed by atoms with Gasteiger partial charge in [0.2, 0.25) is 5.95 Å². The number of hydrogen-bond donors (Lipinski definition) is 1. The highest BCUT2D eigenvalue weighted by Gasteiger charge is 2.16. The van der Waals surface area contributed by atoms with E-state index in [1.54, 1.807) is 29.1 Å². The number of nitrogens with zero attached hydrogens (tertiary/aromatic N) is 6. The maximum absolute atomic E-state index is 14.2. The molecular weight excluding hydrogens is 349 g/mol. The predicted octanol–water partition coefficient (Wildman–Crippen LogP) is 2.71. The van der Waals surface area contributed by atoms with Crippen LogP contribution in [0.1, 0.15) is 22.3 Å². The van der Waals surface area contributed by atoms with Crippen molar-refractivity contribution in [1.29, 1.82) is 5.26 Å². The molecular formula is C18H12FN7O. The van der Waals surface area contributed by atoms with E-state index < -0.39 is 5.82 Å². The largest absolute Gasteiger partial charge is 0.324 e. The smallest absolute Gasteiger partial charge is 0.277 e. The van der Waals surface area contributed by atoms with Crippen LogP contribution in [-0.2, 0) is 6.54 Å². The van der Waals surface area contributed by atoms with Crippen molar-refractivity contribution in [3.63, 3.8) is 0 Å². The third-order valence-corrected chi connectivity index (χ3v) is 3.96. The highest BCUT2D eigenvalue weighted by Crippen LogP contribution is 2.24. The van der Waals surface area contributed by atoms with Crippen LogP contribution < -0.4 is 5.32 Å². The Morgan fingerprint density at radius 2 is 2.19 bits per heavy atom. The predicted molar refractivity (Wildman–Crippen MR) is 95.1 cm³/mol. The molecule has 1 N–H and O–H groups in total. The van der Waals surface area contributed by atoms with Crippen molar-refractivity contribution in [3.8, 4) is 17.3 Å². The van der Waals surface area contributed by atoms with E-state index in [9.17, 15) is 9.18 Å². The lowest BCUT2D eigenvalue weighted by Gasteiger charge is -2.07. The molecule has 1 aromatic carbocycles. The number of anilines is 2. The highest BCUT2D eigenvalue weighted by atomic mass is 19.1. The molecule has 8 nitrogen and oxygen atoms in total. The quantitative estimate of drug-likeness (QED) is 0.748. The van der Waals surface area contributed by atoms with Crippen LogP contribution in [0, 0.1) is 17.1 Å². The Kier molecular flexibility index (Phi) is 4.14. The summed E-state index contributed by atoms with van der Waals surface area (Å²) in [4.78, 5) is 23.5. The Labute approximate surface area is 153 Å². The van der Waals surface area contributed by atoms with Gasteiger partial charge in [0.05, 0.1) is 37.0 Å². The Bertz CT molecular complexity index is 1110. The summed E-state index contributed by atoms with van der Waals surface area (Å²) in [5.41, 5.74) is 2.48. The van der Waals surface area contributed by atoms with Gasteiger partial charge >= 0.3 is 0 Å². The lowest BCUT2D eigenvalue weighted by molar-refractivity contribution is 0.101. The number of halogens is 1. The van der Waals surface area contributed by atoms with Gasteiger partial charge in [-0.15, -0.1) is 0 Å². The zero-order valence-electron chi connectivity index (χ0n) is 13.9. The first-order valence-electron chi connectivity index (χ1n) is 8.06. The first-order chi connectivity index (χ1) is 13.1. The summed E-state index contributed by atoms with van der Waals surface area (Å²) in [6, 6.07) is 7.15. The van der Waals surface area contributed by atoms with E-state index in [4.69, 9.17) is 5.26 Å². The fourth-order valence-corrected chi connectivity index (χ4v) is 2.67. The maximum Gasteiger partial charge on any atom is 0.277 e. The van der Waals surface area contributed by atoms with Crippen LogP contribution in [0.25, 0.3) is 11.3 Å². The summed E-state index contributed by atoms with van der Waals surface area (Å²) in [6.07, 6.45) is 6.00. The molecule has 0 fully saturated rings. The fourth-order valence-electron chi connectivity index (χ4n) is 2.67. The van der Waals surface area contributed by atoms with Crippen molar-refractivity contribution >= 4 is 23.8 Å². The number of benzene rings is 1. The van der Waals surface area contributed by atoms with Crippen LogP contribution in [0.5, 0.6) is 0 Å². The molecule has 0 atom stereocenters. The average Bonchev–Trinajstić information content (AvgIpc) is 3.28. The second-order valence-corrected chi connectivity index (χ2v) is 5.78. The lowest BCUT2D eigenvalue weighted by atomic mass is 10.1. The molecule has 4 rings (SSSR count). The van der Waals surface area contributed by atoms with Crippen LogP contribution in [0.4, 0.5) is 16.0 Å². The Morgan fingerprint density at radius 1 is 1.30 bits per heavy atom. The molecule has 0 aliphatic carbocycles. The summed E-state index contributed by atoms with van der Waals surface area (Å²) in [7, 11) is 0. The Morgan fingerprint density at radius 3 is 3.04 bits per heavy atom. The summed E-state index contributed by atoms with van der Waals surface area (Å²) in [5.74, 6) is -0.644. The number of nitriles is 1. The number of nitrogens with one attached hydrogen (secondary N) is 1. The fraction of sp³-hybridized carbons (Fsp3) is 0.111. The maximum atomic E-state index is 14.2. The molecule has 0 bridgehead atoms. The molecule has 3 heterocycles. The summed E-state index contributed by atoms with van der Waals surface area (Å²) in [5, 5.41) is 15.7. The van der Waals surface area contributed by atoms with Crippen molar-refractivity contribution < 1.29 is 9.18 Å². The molecule has 9 heteroatoms. The standard InChI is InChI=1S/C18H12FN7O/c19-15-9-22-18(24-13-2-3-14-11(6-13)7-21-17(14)27)25-16(15)12-8-23-26(10-12)5-1-4-20/h2-3,6-10H,1,5H2,(H,22,24,25).